The van der Waals surface area contributed by atoms with Crippen molar-refractivity contribution in [3.63, 3.8) is 0 Å². The van der Waals surface area contributed by atoms with Gasteiger partial charge in [0.1, 0.15) is 0 Å². The van der Waals surface area contributed by atoms with Gasteiger partial charge in [-0.3, -0.25) is 34.1 Å². The Morgan fingerprint density at radius 2 is 1.44 bits per heavy atom. The van der Waals surface area contributed by atoms with Crippen LogP contribution in [0.2, 0.25) is 0 Å². The average Bonchev–Trinajstić information content (AvgIpc) is 2.77. The molecule has 34 heavy (non-hydrogen) atoms. The number of carbonyl (C=O) groups is 3. The van der Waals surface area contributed by atoms with E-state index in [1.165, 1.54) is 19.3 Å². The molecule has 0 aromatic carbocycles. The predicted octanol–water partition coefficient (Wildman–Crippen LogP) is 1.77. The molecular weight excluding hydrogens is 440 g/mol. The second kappa shape index (κ2) is 12.8. The van der Waals surface area contributed by atoms with Crippen LogP contribution in [-0.2, 0) is 20.9 Å². The van der Waals surface area contributed by atoms with Crippen LogP contribution in [0.25, 0.3) is 0 Å². The zero-order valence-electron chi connectivity index (χ0n) is 19.6. The molecule has 3 N–H and O–H groups in total. The molecule has 1 fully saturated rings. The summed E-state index contributed by atoms with van der Waals surface area (Å²) >= 11 is 0. The summed E-state index contributed by atoms with van der Waals surface area (Å²) in [4.78, 5) is 44.9. The minimum absolute atomic E-state index is 0.144. The third-order valence-electron chi connectivity index (χ3n) is 6.77. The monoisotopic (exact) mass is 476 g/mol. The van der Waals surface area contributed by atoms with Crippen LogP contribution in [-0.4, -0.2) is 98.7 Å². The average molecular weight is 477 g/mol. The van der Waals surface area contributed by atoms with Gasteiger partial charge in [-0.05, 0) is 24.5 Å². The number of carboxylic acid groups (broad SMARTS) is 3. The van der Waals surface area contributed by atoms with Gasteiger partial charge in [-0.15, -0.1) is 0 Å². The Labute approximate surface area is 200 Å². The quantitative estimate of drug-likeness (QED) is 0.509. The van der Waals surface area contributed by atoms with Crippen LogP contribution in [0, 0.1) is 5.92 Å². The summed E-state index contributed by atoms with van der Waals surface area (Å²) in [5.41, 5.74) is 1.53. The van der Waals surface area contributed by atoms with Gasteiger partial charge >= 0.3 is 17.9 Å². The van der Waals surface area contributed by atoms with Crippen LogP contribution in [0.1, 0.15) is 56.0 Å². The lowest BCUT2D eigenvalue weighted by Gasteiger charge is -2.36. The molecule has 0 spiro atoms. The Kier molecular flexibility index (Phi) is 9.79. The Morgan fingerprint density at radius 1 is 0.824 bits per heavy atom. The Bertz CT molecular complexity index is 845. The summed E-state index contributed by atoms with van der Waals surface area (Å²) in [6, 6.07) is 5.50. The molecule has 188 valence electrons. The zero-order chi connectivity index (χ0) is 24.5. The number of pyridine rings is 1. The maximum atomic E-state index is 11.8. The zero-order valence-corrected chi connectivity index (χ0v) is 19.6. The van der Waals surface area contributed by atoms with E-state index in [1.54, 1.807) is 9.80 Å². The molecule has 10 nitrogen and oxygen atoms in total. The van der Waals surface area contributed by atoms with E-state index >= 15 is 0 Å². The number of aliphatic carboxylic acids is 3. The van der Waals surface area contributed by atoms with Gasteiger partial charge in [0.15, 0.2) is 0 Å². The van der Waals surface area contributed by atoms with Crippen molar-refractivity contribution < 1.29 is 29.7 Å². The van der Waals surface area contributed by atoms with Crippen LogP contribution in [0.15, 0.2) is 18.2 Å². The van der Waals surface area contributed by atoms with Gasteiger partial charge < -0.3 is 15.3 Å². The van der Waals surface area contributed by atoms with Gasteiger partial charge in [-0.2, -0.15) is 0 Å². The second-order valence-corrected chi connectivity index (χ2v) is 9.45. The molecule has 0 amide bonds. The van der Waals surface area contributed by atoms with E-state index in [4.69, 9.17) is 4.98 Å². The lowest BCUT2D eigenvalue weighted by atomic mass is 9.83. The highest BCUT2D eigenvalue weighted by Crippen LogP contribution is 2.34. The molecule has 1 atom stereocenters. The third-order valence-corrected chi connectivity index (χ3v) is 6.77. The molecule has 1 saturated carbocycles. The number of rotatable bonds is 8. The molecule has 2 bridgehead atoms. The lowest BCUT2D eigenvalue weighted by Crippen LogP contribution is -2.45. The molecule has 2 aliphatic rings. The van der Waals surface area contributed by atoms with Crippen LogP contribution in [0.4, 0.5) is 0 Å². The van der Waals surface area contributed by atoms with Crippen molar-refractivity contribution >= 4 is 17.9 Å². The van der Waals surface area contributed by atoms with Crippen molar-refractivity contribution in [2.45, 2.75) is 51.1 Å². The second-order valence-electron chi connectivity index (χ2n) is 9.45. The maximum Gasteiger partial charge on any atom is 0.317 e. The number of aromatic nitrogens is 1. The molecule has 10 heteroatoms. The SMILES string of the molecule is O=C(O)CN1CCN(CC(=O)O)Cc2cccc(n2)C(CC2CCCCC2)N(CC(=O)O)CC1. The van der Waals surface area contributed by atoms with Crippen molar-refractivity contribution in [3.8, 4) is 0 Å². The number of carboxylic acids is 3. The molecule has 0 radical (unpaired) electrons. The summed E-state index contributed by atoms with van der Waals surface area (Å²) in [6.07, 6.45) is 6.64. The van der Waals surface area contributed by atoms with E-state index in [0.29, 0.717) is 38.6 Å². The molecule has 1 aliphatic heterocycles. The highest BCUT2D eigenvalue weighted by atomic mass is 16.4. The summed E-state index contributed by atoms with van der Waals surface area (Å²) < 4.78 is 0. The maximum absolute atomic E-state index is 11.8. The van der Waals surface area contributed by atoms with Crippen molar-refractivity contribution in [1.29, 1.82) is 0 Å². The Morgan fingerprint density at radius 3 is 2.12 bits per heavy atom. The summed E-state index contributed by atoms with van der Waals surface area (Å²) in [5.74, 6) is -2.34. The normalized spacial score (nSPS) is 21.9. The van der Waals surface area contributed by atoms with Gasteiger partial charge in [0, 0.05) is 32.7 Å². The number of hydrogen-bond donors (Lipinski definition) is 3. The highest BCUT2D eigenvalue weighted by molar-refractivity contribution is 5.70. The van der Waals surface area contributed by atoms with E-state index < -0.39 is 17.9 Å². The Balaban J connectivity index is 1.95. The van der Waals surface area contributed by atoms with E-state index in [9.17, 15) is 29.7 Å². The van der Waals surface area contributed by atoms with E-state index in [-0.39, 0.29) is 25.7 Å². The summed E-state index contributed by atoms with van der Waals surface area (Å²) in [6.45, 7) is 1.35. The molecule has 3 rings (SSSR count). The van der Waals surface area contributed by atoms with Crippen molar-refractivity contribution in [2.24, 2.45) is 5.92 Å². The topological polar surface area (TPSA) is 135 Å². The number of nitrogens with zero attached hydrogens (tertiary/aromatic N) is 4. The van der Waals surface area contributed by atoms with E-state index in [2.05, 4.69) is 0 Å². The van der Waals surface area contributed by atoms with Crippen molar-refractivity contribution in [1.82, 2.24) is 19.7 Å². The largest absolute Gasteiger partial charge is 0.480 e. The molecule has 2 heterocycles. The molecule has 0 saturated heterocycles. The number of hydrogen-bond acceptors (Lipinski definition) is 7. The summed E-state index contributed by atoms with van der Waals surface area (Å²) in [7, 11) is 0. The van der Waals surface area contributed by atoms with E-state index in [1.807, 2.05) is 23.1 Å². The smallest absolute Gasteiger partial charge is 0.317 e. The van der Waals surface area contributed by atoms with Crippen LogP contribution >= 0.6 is 0 Å². The van der Waals surface area contributed by atoms with Gasteiger partial charge in [0.25, 0.3) is 0 Å². The lowest BCUT2D eigenvalue weighted by molar-refractivity contribution is -0.141. The highest BCUT2D eigenvalue weighted by Gasteiger charge is 2.29. The van der Waals surface area contributed by atoms with E-state index in [0.717, 1.165) is 30.7 Å². The third kappa shape index (κ3) is 8.34. The number of fused-ring (bicyclic) bond motifs is 2. The minimum atomic E-state index is -0.965. The van der Waals surface area contributed by atoms with Gasteiger partial charge in [-0.25, -0.2) is 0 Å². The first-order valence-electron chi connectivity index (χ1n) is 12.1. The Hall–Kier alpha value is -2.56. The molecular formula is C24H36N4O6. The fraction of sp³-hybridized carbons (Fsp3) is 0.667. The van der Waals surface area contributed by atoms with Crippen LogP contribution in [0.5, 0.6) is 0 Å². The predicted molar refractivity (Wildman–Crippen MR) is 124 cm³/mol. The molecule has 1 aromatic rings. The minimum Gasteiger partial charge on any atom is -0.480 e. The molecule has 1 unspecified atom stereocenters. The standard InChI is InChI=1S/C24H36N4O6/c29-22(30)15-26-9-10-27(16-23(31)32)14-19-7-4-8-20(25-19)21(13-18-5-2-1-3-6-18)28(12-11-26)17-24(33)34/h4,7-8,18,21H,1-3,5-6,9-17H2,(H,29,30)(H,31,32)(H,33,34). The first-order valence-corrected chi connectivity index (χ1v) is 12.1. The molecule has 1 aliphatic carbocycles. The molecule has 1 aromatic heterocycles. The van der Waals surface area contributed by atoms with Gasteiger partial charge in [0.05, 0.1) is 37.1 Å². The summed E-state index contributed by atoms with van der Waals surface area (Å²) in [5, 5.41) is 28.4. The fourth-order valence-electron chi connectivity index (χ4n) is 5.13. The first kappa shape index (κ1) is 26.1. The van der Waals surface area contributed by atoms with Crippen molar-refractivity contribution in [3.05, 3.63) is 29.6 Å². The van der Waals surface area contributed by atoms with Gasteiger partial charge in [-0.1, -0.05) is 38.2 Å². The fourth-order valence-corrected chi connectivity index (χ4v) is 5.13. The van der Waals surface area contributed by atoms with Crippen LogP contribution in [0.3, 0.4) is 0 Å². The van der Waals surface area contributed by atoms with Crippen molar-refractivity contribution in [2.75, 3.05) is 45.8 Å². The van der Waals surface area contributed by atoms with Gasteiger partial charge in [0.2, 0.25) is 0 Å². The first-order chi connectivity index (χ1) is 16.3. The van der Waals surface area contributed by atoms with Crippen LogP contribution < -0.4 is 0 Å².